The van der Waals surface area contributed by atoms with E-state index in [9.17, 15) is 9.18 Å². The minimum Gasteiger partial charge on any atom is -0.375 e. The van der Waals surface area contributed by atoms with Crippen molar-refractivity contribution in [1.29, 1.82) is 0 Å². The van der Waals surface area contributed by atoms with Crippen LogP contribution in [0.1, 0.15) is 15.4 Å². The molecule has 0 atom stereocenters. The quantitative estimate of drug-likeness (QED) is 0.891. The van der Waals surface area contributed by atoms with Crippen LogP contribution in [-0.4, -0.2) is 10.9 Å². The topological polar surface area (TPSA) is 68.0 Å². The second-order valence-corrected chi connectivity index (χ2v) is 4.98. The number of hydrogen-bond acceptors (Lipinski definition) is 4. The van der Waals surface area contributed by atoms with Crippen LogP contribution in [0.3, 0.4) is 0 Å². The number of rotatable bonds is 2. The maximum absolute atomic E-state index is 13.0. The number of nitrogens with two attached hydrogens (primary N) is 1. The minimum atomic E-state index is -0.477. The molecule has 0 saturated carbocycles. The normalized spacial score (nSPS) is 10.4. The third kappa shape index (κ3) is 2.60. The lowest BCUT2D eigenvalue weighted by molar-refractivity contribution is 0.103. The van der Waals surface area contributed by atoms with E-state index in [1.165, 1.54) is 12.1 Å². The highest BCUT2D eigenvalue weighted by Gasteiger charge is 2.15. The summed E-state index contributed by atoms with van der Waals surface area (Å²) in [6.45, 7) is 1.68. The summed E-state index contributed by atoms with van der Waals surface area (Å²) < 4.78 is 13.0. The Bertz CT molecular complexity index is 614. The van der Waals surface area contributed by atoms with E-state index in [-0.39, 0.29) is 10.7 Å². The van der Waals surface area contributed by atoms with E-state index in [1.54, 1.807) is 6.92 Å². The van der Waals surface area contributed by atoms with Gasteiger partial charge in [-0.2, -0.15) is 0 Å². The molecule has 94 valence electrons. The average molecular weight is 286 g/mol. The molecule has 0 fully saturated rings. The second-order valence-electron chi connectivity index (χ2n) is 3.54. The number of carbonyl (C=O) groups excluding carboxylic acids is 1. The number of hydrogen-bond donors (Lipinski definition) is 2. The number of nitrogens with zero attached hydrogens (tertiary/aromatic N) is 1. The molecule has 0 aliphatic rings. The van der Waals surface area contributed by atoms with Crippen molar-refractivity contribution in [1.82, 2.24) is 4.98 Å². The highest BCUT2D eigenvalue weighted by atomic mass is 35.5. The first-order chi connectivity index (χ1) is 8.47. The van der Waals surface area contributed by atoms with Crippen molar-refractivity contribution in [3.8, 4) is 0 Å². The standard InChI is InChI=1S/C11H9ClFN3OS/c1-5-9(18-11(14)15-5)10(17)16-8-4-6(13)2-3-7(8)12/h2-4H,1H3,(H2,14,15)(H,16,17). The van der Waals surface area contributed by atoms with Crippen LogP contribution in [0.4, 0.5) is 15.2 Å². The monoisotopic (exact) mass is 285 g/mol. The molecule has 0 bridgehead atoms. The largest absolute Gasteiger partial charge is 0.375 e. The van der Waals surface area contributed by atoms with Crippen LogP contribution in [0, 0.1) is 12.7 Å². The molecule has 2 aromatic rings. The number of anilines is 2. The molecule has 2 rings (SSSR count). The molecule has 4 nitrogen and oxygen atoms in total. The van der Waals surface area contributed by atoms with E-state index < -0.39 is 11.7 Å². The summed E-state index contributed by atoms with van der Waals surface area (Å²) in [5.74, 6) is -0.885. The van der Waals surface area contributed by atoms with E-state index >= 15 is 0 Å². The van der Waals surface area contributed by atoms with Crippen LogP contribution in [0.2, 0.25) is 5.02 Å². The van der Waals surface area contributed by atoms with Gasteiger partial charge in [-0.1, -0.05) is 22.9 Å². The summed E-state index contributed by atoms with van der Waals surface area (Å²) in [6.07, 6.45) is 0. The third-order valence-corrected chi connectivity index (χ3v) is 3.51. The zero-order valence-corrected chi connectivity index (χ0v) is 10.9. The van der Waals surface area contributed by atoms with Gasteiger partial charge in [0.25, 0.3) is 5.91 Å². The van der Waals surface area contributed by atoms with Crippen molar-refractivity contribution in [3.05, 3.63) is 39.6 Å². The van der Waals surface area contributed by atoms with E-state index in [2.05, 4.69) is 10.3 Å². The molecule has 1 aromatic heterocycles. The molecule has 1 aromatic carbocycles. The lowest BCUT2D eigenvalue weighted by atomic mass is 10.3. The molecule has 18 heavy (non-hydrogen) atoms. The average Bonchev–Trinajstić information content (AvgIpc) is 2.63. The number of halogens is 2. The summed E-state index contributed by atoms with van der Waals surface area (Å²) in [5, 5.41) is 3.10. The SMILES string of the molecule is Cc1nc(N)sc1C(=O)Nc1cc(F)ccc1Cl. The van der Waals surface area contributed by atoms with Gasteiger partial charge in [-0.05, 0) is 25.1 Å². The summed E-state index contributed by atoms with van der Waals surface area (Å²) in [6, 6.07) is 3.74. The van der Waals surface area contributed by atoms with Gasteiger partial charge in [0.1, 0.15) is 10.7 Å². The molecular weight excluding hydrogens is 277 g/mol. The molecule has 0 radical (unpaired) electrons. The minimum absolute atomic E-state index is 0.216. The van der Waals surface area contributed by atoms with Gasteiger partial charge in [-0.3, -0.25) is 4.79 Å². The van der Waals surface area contributed by atoms with Crippen molar-refractivity contribution in [2.75, 3.05) is 11.1 Å². The molecule has 3 N–H and O–H groups in total. The number of benzene rings is 1. The van der Waals surface area contributed by atoms with Gasteiger partial charge in [-0.25, -0.2) is 9.37 Å². The Morgan fingerprint density at radius 1 is 1.56 bits per heavy atom. The van der Waals surface area contributed by atoms with E-state index in [4.69, 9.17) is 17.3 Å². The Kier molecular flexibility index (Phi) is 3.49. The first-order valence-corrected chi connectivity index (χ1v) is 6.16. The zero-order chi connectivity index (χ0) is 13.3. The molecule has 0 spiro atoms. The predicted octanol–water partition coefficient (Wildman–Crippen LogP) is 3.08. The third-order valence-electron chi connectivity index (χ3n) is 2.20. The Morgan fingerprint density at radius 2 is 2.28 bits per heavy atom. The summed E-state index contributed by atoms with van der Waals surface area (Å²) in [7, 11) is 0. The zero-order valence-electron chi connectivity index (χ0n) is 9.33. The van der Waals surface area contributed by atoms with Crippen LogP contribution in [0.15, 0.2) is 18.2 Å². The van der Waals surface area contributed by atoms with Crippen LogP contribution < -0.4 is 11.1 Å². The van der Waals surface area contributed by atoms with Gasteiger partial charge in [-0.15, -0.1) is 0 Å². The Balaban J connectivity index is 2.26. The van der Waals surface area contributed by atoms with Gasteiger partial charge in [0.15, 0.2) is 5.13 Å². The molecule has 0 saturated heterocycles. The predicted molar refractivity (Wildman–Crippen MR) is 70.6 cm³/mol. The fourth-order valence-corrected chi connectivity index (χ4v) is 2.29. The van der Waals surface area contributed by atoms with E-state index in [1.807, 2.05) is 0 Å². The fourth-order valence-electron chi connectivity index (χ4n) is 1.40. The lowest BCUT2D eigenvalue weighted by Gasteiger charge is -2.06. The first-order valence-electron chi connectivity index (χ1n) is 4.96. The maximum atomic E-state index is 13.0. The van der Waals surface area contributed by atoms with E-state index in [0.29, 0.717) is 15.7 Å². The van der Waals surface area contributed by atoms with Gasteiger partial charge in [0.05, 0.1) is 16.4 Å². The van der Waals surface area contributed by atoms with Crippen molar-refractivity contribution in [2.24, 2.45) is 0 Å². The number of amides is 1. The first kappa shape index (κ1) is 12.8. The van der Waals surface area contributed by atoms with Crippen LogP contribution in [-0.2, 0) is 0 Å². The number of nitrogen functional groups attached to an aromatic ring is 1. The van der Waals surface area contributed by atoms with Gasteiger partial charge in [0, 0.05) is 0 Å². The van der Waals surface area contributed by atoms with Crippen molar-refractivity contribution < 1.29 is 9.18 Å². The maximum Gasteiger partial charge on any atom is 0.267 e. The highest BCUT2D eigenvalue weighted by Crippen LogP contribution is 2.25. The van der Waals surface area contributed by atoms with Crippen molar-refractivity contribution in [3.63, 3.8) is 0 Å². The molecule has 0 aliphatic carbocycles. The van der Waals surface area contributed by atoms with Crippen LogP contribution in [0.25, 0.3) is 0 Å². The summed E-state index contributed by atoms with van der Waals surface area (Å²) in [5.41, 5.74) is 6.25. The Morgan fingerprint density at radius 3 is 2.89 bits per heavy atom. The Hall–Kier alpha value is -1.66. The summed E-state index contributed by atoms with van der Waals surface area (Å²) >= 11 is 6.92. The number of nitrogens with one attached hydrogen (secondary N) is 1. The molecule has 0 unspecified atom stereocenters. The smallest absolute Gasteiger partial charge is 0.267 e. The second kappa shape index (κ2) is 4.91. The van der Waals surface area contributed by atoms with Crippen LogP contribution in [0.5, 0.6) is 0 Å². The molecule has 1 amide bonds. The van der Waals surface area contributed by atoms with Crippen molar-refractivity contribution >= 4 is 39.7 Å². The number of carbonyl (C=O) groups is 1. The number of thiazole rings is 1. The summed E-state index contributed by atoms with van der Waals surface area (Å²) in [4.78, 5) is 16.3. The molecule has 0 aliphatic heterocycles. The lowest BCUT2D eigenvalue weighted by Crippen LogP contribution is -2.12. The van der Waals surface area contributed by atoms with E-state index in [0.717, 1.165) is 17.4 Å². The number of aryl methyl sites for hydroxylation is 1. The van der Waals surface area contributed by atoms with Crippen molar-refractivity contribution in [2.45, 2.75) is 6.92 Å². The Labute approximate surface area is 112 Å². The fraction of sp³-hybridized carbons (Fsp3) is 0.0909. The van der Waals surface area contributed by atoms with Gasteiger partial charge >= 0.3 is 0 Å². The van der Waals surface area contributed by atoms with Gasteiger partial charge < -0.3 is 11.1 Å². The molecular formula is C11H9ClFN3OS. The molecule has 7 heteroatoms. The number of aromatic nitrogens is 1. The van der Waals surface area contributed by atoms with Crippen LogP contribution >= 0.6 is 22.9 Å². The highest BCUT2D eigenvalue weighted by molar-refractivity contribution is 7.17. The molecule has 1 heterocycles. The van der Waals surface area contributed by atoms with Gasteiger partial charge in [0.2, 0.25) is 0 Å².